The number of benzene rings is 1. The summed E-state index contributed by atoms with van der Waals surface area (Å²) in [5, 5.41) is 10.5. The molecule has 0 aromatic heterocycles. The Hall–Kier alpha value is -1.10. The fraction of sp³-hybridized carbons (Fsp3) is 0.625. The van der Waals surface area contributed by atoms with Crippen molar-refractivity contribution >= 4 is 0 Å². The summed E-state index contributed by atoms with van der Waals surface area (Å²) in [6.07, 6.45) is 0.518. The maximum atomic E-state index is 10.5. The highest BCUT2D eigenvalue weighted by Crippen LogP contribution is 2.26. The quantitative estimate of drug-likeness (QED) is 0.867. The monoisotopic (exact) mass is 279 g/mol. The highest BCUT2D eigenvalue weighted by Gasteiger charge is 2.25. The van der Waals surface area contributed by atoms with E-state index in [0.717, 1.165) is 37.5 Å². The number of aliphatic hydroxyl groups excluding tert-OH is 1. The van der Waals surface area contributed by atoms with Gasteiger partial charge >= 0.3 is 0 Å². The Balaban J connectivity index is 2.05. The molecule has 0 saturated carbocycles. The van der Waals surface area contributed by atoms with Crippen LogP contribution in [0.5, 0.6) is 5.75 Å². The van der Waals surface area contributed by atoms with Crippen LogP contribution >= 0.6 is 0 Å². The van der Waals surface area contributed by atoms with Gasteiger partial charge in [-0.2, -0.15) is 0 Å². The highest BCUT2D eigenvalue weighted by molar-refractivity contribution is 5.35. The van der Waals surface area contributed by atoms with Crippen molar-refractivity contribution in [2.24, 2.45) is 0 Å². The Morgan fingerprint density at radius 1 is 1.40 bits per heavy atom. The van der Waals surface area contributed by atoms with Crippen LogP contribution in [0.1, 0.15) is 31.9 Å². The van der Waals surface area contributed by atoms with E-state index >= 15 is 0 Å². The van der Waals surface area contributed by atoms with Crippen LogP contribution in [-0.2, 0) is 4.74 Å². The SMILES string of the molecule is CCOc1ccccc1C(O)CN1CCOCC1CC. The first-order chi connectivity index (χ1) is 9.76. The maximum Gasteiger partial charge on any atom is 0.125 e. The van der Waals surface area contributed by atoms with Crippen LogP contribution in [0.15, 0.2) is 24.3 Å². The van der Waals surface area contributed by atoms with Crippen LogP contribution in [0.2, 0.25) is 0 Å². The van der Waals surface area contributed by atoms with Crippen LogP contribution in [-0.4, -0.2) is 49.0 Å². The van der Waals surface area contributed by atoms with Crippen molar-refractivity contribution in [3.05, 3.63) is 29.8 Å². The second-order valence-electron chi connectivity index (χ2n) is 5.12. The fourth-order valence-corrected chi connectivity index (χ4v) is 2.67. The molecule has 4 heteroatoms. The lowest BCUT2D eigenvalue weighted by Crippen LogP contribution is -2.46. The predicted octanol–water partition coefficient (Wildman–Crippen LogP) is 2.23. The molecule has 2 atom stereocenters. The van der Waals surface area contributed by atoms with Crippen molar-refractivity contribution in [2.75, 3.05) is 32.9 Å². The summed E-state index contributed by atoms with van der Waals surface area (Å²) in [5.74, 6) is 0.781. The van der Waals surface area contributed by atoms with Crippen molar-refractivity contribution in [1.82, 2.24) is 4.90 Å². The van der Waals surface area contributed by atoms with E-state index in [1.54, 1.807) is 0 Å². The van der Waals surface area contributed by atoms with Crippen molar-refractivity contribution < 1.29 is 14.6 Å². The van der Waals surface area contributed by atoms with Gasteiger partial charge in [-0.05, 0) is 19.4 Å². The van der Waals surface area contributed by atoms with E-state index < -0.39 is 6.10 Å². The standard InChI is InChI=1S/C16H25NO3/c1-3-13-12-19-10-9-17(13)11-15(18)14-7-5-6-8-16(14)20-4-2/h5-8,13,15,18H,3-4,9-12H2,1-2H3. The molecule has 20 heavy (non-hydrogen) atoms. The molecule has 0 radical (unpaired) electrons. The molecule has 2 unspecified atom stereocenters. The highest BCUT2D eigenvalue weighted by atomic mass is 16.5. The summed E-state index contributed by atoms with van der Waals surface area (Å²) in [4.78, 5) is 2.32. The molecule has 1 aliphatic heterocycles. The van der Waals surface area contributed by atoms with Gasteiger partial charge in [-0.1, -0.05) is 25.1 Å². The van der Waals surface area contributed by atoms with E-state index in [1.165, 1.54) is 0 Å². The predicted molar refractivity (Wildman–Crippen MR) is 79.0 cm³/mol. The second-order valence-corrected chi connectivity index (χ2v) is 5.12. The molecule has 2 rings (SSSR count). The molecule has 1 saturated heterocycles. The minimum Gasteiger partial charge on any atom is -0.493 e. The maximum absolute atomic E-state index is 10.5. The molecule has 1 aliphatic rings. The van der Waals surface area contributed by atoms with Gasteiger partial charge in [0.05, 0.1) is 25.9 Å². The minimum atomic E-state index is -0.523. The van der Waals surface area contributed by atoms with Gasteiger partial charge in [0.15, 0.2) is 0 Å². The number of hydrogen-bond acceptors (Lipinski definition) is 4. The number of morpholine rings is 1. The van der Waals surface area contributed by atoms with Crippen molar-refractivity contribution in [1.29, 1.82) is 0 Å². The van der Waals surface area contributed by atoms with Crippen LogP contribution in [0.3, 0.4) is 0 Å². The molecule has 0 amide bonds. The summed E-state index contributed by atoms with van der Waals surface area (Å²) >= 11 is 0. The largest absolute Gasteiger partial charge is 0.493 e. The van der Waals surface area contributed by atoms with E-state index in [-0.39, 0.29) is 0 Å². The van der Waals surface area contributed by atoms with Gasteiger partial charge in [-0.3, -0.25) is 4.90 Å². The number of aliphatic hydroxyl groups is 1. The smallest absolute Gasteiger partial charge is 0.125 e. The van der Waals surface area contributed by atoms with Gasteiger partial charge in [0.25, 0.3) is 0 Å². The van der Waals surface area contributed by atoms with Crippen molar-refractivity contribution in [2.45, 2.75) is 32.4 Å². The topological polar surface area (TPSA) is 41.9 Å². The minimum absolute atomic E-state index is 0.401. The summed E-state index contributed by atoms with van der Waals surface area (Å²) < 4.78 is 11.1. The third-order valence-electron chi connectivity index (χ3n) is 3.81. The van der Waals surface area contributed by atoms with Crippen LogP contribution in [0.25, 0.3) is 0 Å². The third-order valence-corrected chi connectivity index (χ3v) is 3.81. The van der Waals surface area contributed by atoms with Crippen LogP contribution in [0.4, 0.5) is 0 Å². The van der Waals surface area contributed by atoms with E-state index in [2.05, 4.69) is 11.8 Å². The lowest BCUT2D eigenvalue weighted by Gasteiger charge is -2.36. The number of hydrogen-bond donors (Lipinski definition) is 1. The summed E-state index contributed by atoms with van der Waals surface area (Å²) in [6, 6.07) is 8.13. The number of ether oxygens (including phenoxy) is 2. The van der Waals surface area contributed by atoms with E-state index in [4.69, 9.17) is 9.47 Å². The Kier molecular flexibility index (Phi) is 5.83. The van der Waals surface area contributed by atoms with Gasteiger partial charge in [0, 0.05) is 24.7 Å². The molecule has 4 nitrogen and oxygen atoms in total. The number of nitrogens with zero attached hydrogens (tertiary/aromatic N) is 1. The molecule has 0 bridgehead atoms. The molecule has 1 N–H and O–H groups in total. The van der Waals surface area contributed by atoms with Crippen LogP contribution in [0, 0.1) is 0 Å². The molecule has 1 fully saturated rings. The van der Waals surface area contributed by atoms with Gasteiger partial charge in [-0.15, -0.1) is 0 Å². The Morgan fingerprint density at radius 3 is 2.95 bits per heavy atom. The number of para-hydroxylation sites is 1. The average molecular weight is 279 g/mol. The molecule has 1 aromatic carbocycles. The third kappa shape index (κ3) is 3.72. The van der Waals surface area contributed by atoms with Crippen molar-refractivity contribution in [3.63, 3.8) is 0 Å². The van der Waals surface area contributed by atoms with Gasteiger partial charge in [0.1, 0.15) is 5.75 Å². The molecular weight excluding hydrogens is 254 g/mol. The van der Waals surface area contributed by atoms with E-state index in [9.17, 15) is 5.11 Å². The lowest BCUT2D eigenvalue weighted by molar-refractivity contribution is -0.0280. The normalized spacial score (nSPS) is 21.6. The van der Waals surface area contributed by atoms with Gasteiger partial charge < -0.3 is 14.6 Å². The zero-order chi connectivity index (χ0) is 14.4. The summed E-state index contributed by atoms with van der Waals surface area (Å²) in [5.41, 5.74) is 0.871. The molecule has 1 aromatic rings. The van der Waals surface area contributed by atoms with E-state index in [0.29, 0.717) is 19.2 Å². The zero-order valence-corrected chi connectivity index (χ0v) is 12.4. The average Bonchev–Trinajstić information content (AvgIpc) is 2.48. The van der Waals surface area contributed by atoms with Crippen molar-refractivity contribution in [3.8, 4) is 5.75 Å². The summed E-state index contributed by atoms with van der Waals surface area (Å²) in [6.45, 7) is 7.75. The van der Waals surface area contributed by atoms with Gasteiger partial charge in [-0.25, -0.2) is 0 Å². The first-order valence-corrected chi connectivity index (χ1v) is 7.47. The molecular formula is C16H25NO3. The van der Waals surface area contributed by atoms with Crippen LogP contribution < -0.4 is 4.74 Å². The first kappa shape index (κ1) is 15.3. The second kappa shape index (κ2) is 7.62. The molecule has 112 valence electrons. The Morgan fingerprint density at radius 2 is 2.20 bits per heavy atom. The lowest BCUT2D eigenvalue weighted by atomic mass is 10.1. The number of rotatable bonds is 6. The van der Waals surface area contributed by atoms with E-state index in [1.807, 2.05) is 31.2 Å². The van der Waals surface area contributed by atoms with Gasteiger partial charge in [0.2, 0.25) is 0 Å². The first-order valence-electron chi connectivity index (χ1n) is 7.47. The molecule has 0 spiro atoms. The Labute approximate surface area is 121 Å². The number of β-amino-alcohol motifs (C(OH)–C–C–N with tert-alkyl or cyclic N) is 1. The molecule has 0 aliphatic carbocycles. The summed E-state index contributed by atoms with van der Waals surface area (Å²) in [7, 11) is 0. The molecule has 1 heterocycles. The zero-order valence-electron chi connectivity index (χ0n) is 12.4. The fourth-order valence-electron chi connectivity index (χ4n) is 2.67. The Bertz CT molecular complexity index is 410.